The summed E-state index contributed by atoms with van der Waals surface area (Å²) in [5, 5.41) is 1.85. The van der Waals surface area contributed by atoms with Crippen molar-refractivity contribution >= 4 is 17.5 Å². The van der Waals surface area contributed by atoms with Crippen LogP contribution in [-0.2, 0) is 0 Å². The van der Waals surface area contributed by atoms with Gasteiger partial charge in [0.15, 0.2) is 0 Å². The molecule has 0 aliphatic carbocycles. The highest BCUT2D eigenvalue weighted by Crippen LogP contribution is 2.27. The van der Waals surface area contributed by atoms with E-state index in [0.29, 0.717) is 6.07 Å². The van der Waals surface area contributed by atoms with Gasteiger partial charge in [-0.3, -0.25) is 4.79 Å². The third kappa shape index (κ3) is 2.79. The summed E-state index contributed by atoms with van der Waals surface area (Å²) >= 11 is 5.43. The fraction of sp³-hybridized carbons (Fsp3) is 0.222. The van der Waals surface area contributed by atoms with Gasteiger partial charge in [0.2, 0.25) is 0 Å². The highest BCUT2D eigenvalue weighted by Gasteiger charge is 2.18. The molecular weight excluding hydrogens is 247 g/mol. The Balaban J connectivity index is 3.21. The van der Waals surface area contributed by atoms with Gasteiger partial charge in [0.1, 0.15) is 11.6 Å². The molecule has 0 aromatic heterocycles. The number of nitrogens with one attached hydrogen (secondary N) is 1. The van der Waals surface area contributed by atoms with Gasteiger partial charge in [0, 0.05) is 13.1 Å². The number of hydrogen-bond donors (Lipinski definition) is 1. The van der Waals surface area contributed by atoms with E-state index in [9.17, 15) is 18.0 Å². The van der Waals surface area contributed by atoms with E-state index in [2.05, 4.69) is 10.1 Å². The highest BCUT2D eigenvalue weighted by atomic mass is 35.5. The first kappa shape index (κ1) is 12.6. The van der Waals surface area contributed by atoms with Crippen LogP contribution in [0.15, 0.2) is 12.1 Å². The van der Waals surface area contributed by atoms with Crippen molar-refractivity contribution in [2.24, 2.45) is 0 Å². The molecule has 1 N–H and O–H groups in total. The van der Waals surface area contributed by atoms with Crippen LogP contribution in [0.1, 0.15) is 10.4 Å². The topological polar surface area (TPSA) is 38.3 Å². The van der Waals surface area contributed by atoms with Crippen LogP contribution in [0.25, 0.3) is 0 Å². The summed E-state index contributed by atoms with van der Waals surface area (Å²) in [7, 11) is 1.30. The molecule has 0 saturated carbocycles. The maximum Gasteiger partial charge on any atom is 0.387 e. The molecule has 16 heavy (non-hydrogen) atoms. The minimum Gasteiger partial charge on any atom is -0.434 e. The van der Waals surface area contributed by atoms with Gasteiger partial charge in [-0.25, -0.2) is 4.39 Å². The lowest BCUT2D eigenvalue weighted by atomic mass is 10.2. The van der Waals surface area contributed by atoms with E-state index in [1.165, 1.54) is 7.05 Å². The predicted octanol–water partition coefficient (Wildman–Crippen LogP) is 2.44. The summed E-state index contributed by atoms with van der Waals surface area (Å²) in [6.45, 7) is -3.15. The Morgan fingerprint density at radius 2 is 2.12 bits per heavy atom. The lowest BCUT2D eigenvalue weighted by molar-refractivity contribution is -0.0503. The van der Waals surface area contributed by atoms with Crippen LogP contribution >= 0.6 is 11.6 Å². The van der Waals surface area contributed by atoms with E-state index in [1.54, 1.807) is 0 Å². The summed E-state index contributed by atoms with van der Waals surface area (Å²) in [5.74, 6) is -2.20. The van der Waals surface area contributed by atoms with Crippen molar-refractivity contribution in [2.75, 3.05) is 7.05 Å². The zero-order valence-electron chi connectivity index (χ0n) is 8.06. The molecule has 0 unspecified atom stereocenters. The Morgan fingerprint density at radius 3 is 2.62 bits per heavy atom. The number of ether oxygens (including phenoxy) is 1. The van der Waals surface area contributed by atoms with Crippen molar-refractivity contribution in [1.29, 1.82) is 0 Å². The van der Waals surface area contributed by atoms with Crippen LogP contribution in [0.3, 0.4) is 0 Å². The second-order valence-corrected chi connectivity index (χ2v) is 3.13. The van der Waals surface area contributed by atoms with E-state index in [1.807, 2.05) is 0 Å². The van der Waals surface area contributed by atoms with Crippen LogP contribution in [0, 0.1) is 5.82 Å². The quantitative estimate of drug-likeness (QED) is 0.899. The molecule has 0 atom stereocenters. The molecule has 0 radical (unpaired) electrons. The highest BCUT2D eigenvalue weighted by molar-refractivity contribution is 6.31. The molecule has 88 valence electrons. The number of halogens is 4. The van der Waals surface area contributed by atoms with Crippen LogP contribution in [-0.4, -0.2) is 19.6 Å². The molecule has 0 saturated heterocycles. The van der Waals surface area contributed by atoms with Gasteiger partial charge in [0.05, 0.1) is 10.6 Å². The van der Waals surface area contributed by atoms with Crippen molar-refractivity contribution in [3.05, 3.63) is 28.5 Å². The minimum atomic E-state index is -3.15. The molecule has 0 heterocycles. The Bertz CT molecular complexity index is 412. The lowest BCUT2D eigenvalue weighted by Crippen LogP contribution is -2.20. The Kier molecular flexibility index (Phi) is 4.00. The van der Waals surface area contributed by atoms with Gasteiger partial charge in [0.25, 0.3) is 5.91 Å². The molecule has 3 nitrogen and oxygen atoms in total. The number of carbonyl (C=O) groups is 1. The Labute approximate surface area is 94.2 Å². The third-order valence-electron chi connectivity index (χ3n) is 1.71. The summed E-state index contributed by atoms with van der Waals surface area (Å²) in [5.41, 5.74) is -0.255. The van der Waals surface area contributed by atoms with Gasteiger partial charge in [-0.2, -0.15) is 8.78 Å². The summed E-state index contributed by atoms with van der Waals surface area (Å²) in [4.78, 5) is 11.3. The maximum absolute atomic E-state index is 13.0. The molecule has 1 amide bonds. The summed E-state index contributed by atoms with van der Waals surface area (Å²) in [6.07, 6.45) is 0. The van der Waals surface area contributed by atoms with Crippen molar-refractivity contribution in [3.8, 4) is 5.75 Å². The predicted molar refractivity (Wildman–Crippen MR) is 51.4 cm³/mol. The van der Waals surface area contributed by atoms with Crippen molar-refractivity contribution in [3.63, 3.8) is 0 Å². The first-order valence-electron chi connectivity index (χ1n) is 4.11. The monoisotopic (exact) mass is 253 g/mol. The fourth-order valence-electron chi connectivity index (χ4n) is 1.03. The molecule has 7 heteroatoms. The van der Waals surface area contributed by atoms with Crippen LogP contribution in [0.4, 0.5) is 13.2 Å². The minimum absolute atomic E-state index is 0.255. The number of amides is 1. The third-order valence-corrected chi connectivity index (χ3v) is 2.00. The molecule has 1 aromatic carbocycles. The van der Waals surface area contributed by atoms with Crippen molar-refractivity contribution < 1.29 is 22.7 Å². The van der Waals surface area contributed by atoms with E-state index >= 15 is 0 Å². The van der Waals surface area contributed by atoms with Gasteiger partial charge < -0.3 is 10.1 Å². The average molecular weight is 254 g/mol. The average Bonchev–Trinajstić information content (AvgIpc) is 2.21. The van der Waals surface area contributed by atoms with E-state index in [4.69, 9.17) is 11.6 Å². The molecule has 0 aliphatic heterocycles. The van der Waals surface area contributed by atoms with Gasteiger partial charge in [-0.15, -0.1) is 0 Å². The van der Waals surface area contributed by atoms with Crippen LogP contribution in [0.2, 0.25) is 5.02 Å². The summed E-state index contributed by atoms with van der Waals surface area (Å²) in [6, 6.07) is 1.56. The zero-order valence-corrected chi connectivity index (χ0v) is 8.82. The number of alkyl halides is 2. The van der Waals surface area contributed by atoms with Gasteiger partial charge in [-0.1, -0.05) is 11.6 Å². The molecule has 0 spiro atoms. The second kappa shape index (κ2) is 5.07. The number of hydrogen-bond acceptors (Lipinski definition) is 2. The number of carbonyl (C=O) groups excluding carboxylic acids is 1. The van der Waals surface area contributed by atoms with E-state index < -0.39 is 24.1 Å². The second-order valence-electron chi connectivity index (χ2n) is 2.72. The van der Waals surface area contributed by atoms with Crippen LogP contribution in [0.5, 0.6) is 5.75 Å². The van der Waals surface area contributed by atoms with Gasteiger partial charge in [-0.05, 0) is 6.07 Å². The Morgan fingerprint density at radius 1 is 1.50 bits per heavy atom. The lowest BCUT2D eigenvalue weighted by Gasteiger charge is -2.10. The summed E-state index contributed by atoms with van der Waals surface area (Å²) < 4.78 is 41.0. The number of rotatable bonds is 3. The van der Waals surface area contributed by atoms with Crippen molar-refractivity contribution in [2.45, 2.75) is 6.61 Å². The first-order valence-corrected chi connectivity index (χ1v) is 4.49. The normalized spacial score (nSPS) is 10.4. The number of benzene rings is 1. The molecule has 0 fully saturated rings. The van der Waals surface area contributed by atoms with Crippen molar-refractivity contribution in [1.82, 2.24) is 5.32 Å². The Hall–Kier alpha value is -1.43. The SMILES string of the molecule is CNC(=O)c1cc(Cl)c(F)cc1OC(F)F. The largest absolute Gasteiger partial charge is 0.434 e. The van der Waals surface area contributed by atoms with Crippen LogP contribution < -0.4 is 10.1 Å². The first-order chi connectivity index (χ1) is 7.45. The van der Waals surface area contributed by atoms with E-state index in [0.717, 1.165) is 6.07 Å². The molecule has 1 aromatic rings. The van der Waals surface area contributed by atoms with Gasteiger partial charge >= 0.3 is 6.61 Å². The smallest absolute Gasteiger partial charge is 0.387 e. The molecule has 1 rings (SSSR count). The maximum atomic E-state index is 13.0. The zero-order chi connectivity index (χ0) is 12.3. The molecular formula is C9H7ClF3NO2. The molecule has 0 bridgehead atoms. The standard InChI is InChI=1S/C9H7ClF3NO2/c1-14-8(15)4-2-5(10)6(11)3-7(4)16-9(12)13/h2-3,9H,1H3,(H,14,15). The van der Waals surface area contributed by atoms with E-state index in [-0.39, 0.29) is 10.6 Å². The fourth-order valence-corrected chi connectivity index (χ4v) is 1.20. The molecule has 0 aliphatic rings.